The van der Waals surface area contributed by atoms with Crippen LogP contribution in [0.4, 0.5) is 0 Å². The van der Waals surface area contributed by atoms with Crippen LogP contribution in [-0.2, 0) is 22.6 Å². The molecule has 1 fully saturated rings. The van der Waals surface area contributed by atoms with Gasteiger partial charge >= 0.3 is 0 Å². The Morgan fingerprint density at radius 3 is 2.58 bits per heavy atom. The highest BCUT2D eigenvalue weighted by Crippen LogP contribution is 2.28. The highest BCUT2D eigenvalue weighted by atomic mass is 16.2. The molecule has 5 nitrogen and oxygen atoms in total. The lowest BCUT2D eigenvalue weighted by Crippen LogP contribution is -2.38. The van der Waals surface area contributed by atoms with Crippen molar-refractivity contribution in [2.24, 2.45) is 5.92 Å². The quantitative estimate of drug-likeness (QED) is 0.734. The minimum atomic E-state index is -0.312. The van der Waals surface area contributed by atoms with Crippen LogP contribution in [0.15, 0.2) is 49.1 Å². The third-order valence-corrected chi connectivity index (χ3v) is 4.78. The molecule has 5 heteroatoms. The Labute approximate surface area is 142 Å². The van der Waals surface area contributed by atoms with E-state index in [-0.39, 0.29) is 23.7 Å². The van der Waals surface area contributed by atoms with Gasteiger partial charge in [0.05, 0.1) is 6.33 Å². The average Bonchev–Trinajstić information content (AvgIpc) is 3.19. The lowest BCUT2D eigenvalue weighted by atomic mass is 9.91. The van der Waals surface area contributed by atoms with Gasteiger partial charge in [0, 0.05) is 37.4 Å². The van der Waals surface area contributed by atoms with Gasteiger partial charge in [-0.1, -0.05) is 37.3 Å². The molecule has 2 heterocycles. The zero-order chi connectivity index (χ0) is 16.9. The Hall–Kier alpha value is -2.43. The van der Waals surface area contributed by atoms with Crippen molar-refractivity contribution in [3.05, 3.63) is 54.6 Å². The van der Waals surface area contributed by atoms with E-state index in [1.54, 1.807) is 17.4 Å². The predicted molar refractivity (Wildman–Crippen MR) is 91.3 cm³/mol. The van der Waals surface area contributed by atoms with Crippen molar-refractivity contribution < 1.29 is 9.59 Å². The number of rotatable bonds is 7. The molecule has 2 aromatic rings. The topological polar surface area (TPSA) is 55.2 Å². The highest BCUT2D eigenvalue weighted by molar-refractivity contribution is 6.39. The molecule has 1 saturated heterocycles. The molecule has 1 aromatic carbocycles. The zero-order valence-electron chi connectivity index (χ0n) is 14.0. The van der Waals surface area contributed by atoms with Crippen molar-refractivity contribution >= 4 is 11.7 Å². The smallest absolute Gasteiger partial charge is 0.290 e. The molecule has 1 amide bonds. The summed E-state index contributed by atoms with van der Waals surface area (Å²) >= 11 is 0. The van der Waals surface area contributed by atoms with E-state index in [2.05, 4.69) is 17.1 Å². The van der Waals surface area contributed by atoms with Crippen LogP contribution in [0.25, 0.3) is 0 Å². The van der Waals surface area contributed by atoms with Crippen molar-refractivity contribution in [1.29, 1.82) is 0 Å². The number of carbonyl (C=O) groups is 2. The minimum absolute atomic E-state index is 0.0276. The van der Waals surface area contributed by atoms with Crippen LogP contribution in [0, 0.1) is 5.92 Å². The summed E-state index contributed by atoms with van der Waals surface area (Å²) in [5, 5.41) is 0. The van der Waals surface area contributed by atoms with Gasteiger partial charge in [0.2, 0.25) is 5.78 Å². The largest absolute Gasteiger partial charge is 0.337 e. The number of hydrogen-bond donors (Lipinski definition) is 0. The molecular formula is C19H23N3O2. The number of ketones is 1. The number of aryl methyl sites for hydroxylation is 1. The highest BCUT2D eigenvalue weighted by Gasteiger charge is 2.45. The second kappa shape index (κ2) is 7.43. The number of carbonyl (C=O) groups excluding carboxylic acids is 2. The van der Waals surface area contributed by atoms with Gasteiger partial charge in [0.25, 0.3) is 5.91 Å². The fraction of sp³-hybridized carbons (Fsp3) is 0.421. The third kappa shape index (κ3) is 3.40. The Bertz CT molecular complexity index is 682. The predicted octanol–water partition coefficient (Wildman–Crippen LogP) is 2.32. The van der Waals surface area contributed by atoms with E-state index in [0.29, 0.717) is 13.0 Å². The Morgan fingerprint density at radius 1 is 1.12 bits per heavy atom. The van der Waals surface area contributed by atoms with Crippen LogP contribution in [0.2, 0.25) is 0 Å². The number of Topliss-reactive ketones (excluding diaryl/α,β-unsaturated/α-hetero) is 1. The molecule has 0 bridgehead atoms. The summed E-state index contributed by atoms with van der Waals surface area (Å²) in [4.78, 5) is 30.6. The van der Waals surface area contributed by atoms with Crippen molar-refractivity contribution in [3.8, 4) is 0 Å². The van der Waals surface area contributed by atoms with Gasteiger partial charge in [-0.25, -0.2) is 4.98 Å². The van der Waals surface area contributed by atoms with E-state index in [1.807, 2.05) is 35.9 Å². The van der Waals surface area contributed by atoms with E-state index in [9.17, 15) is 9.59 Å². The van der Waals surface area contributed by atoms with Crippen LogP contribution < -0.4 is 0 Å². The van der Waals surface area contributed by atoms with Crippen LogP contribution in [0.3, 0.4) is 0 Å². The fourth-order valence-electron chi connectivity index (χ4n) is 3.52. The van der Waals surface area contributed by atoms with E-state index in [4.69, 9.17) is 0 Å². The number of benzene rings is 1. The maximum absolute atomic E-state index is 12.4. The fourth-order valence-corrected chi connectivity index (χ4v) is 3.52. The first kappa shape index (κ1) is 16.4. The van der Waals surface area contributed by atoms with Gasteiger partial charge in [0.15, 0.2) is 0 Å². The van der Waals surface area contributed by atoms with Gasteiger partial charge in [0.1, 0.15) is 0 Å². The lowest BCUT2D eigenvalue weighted by Gasteiger charge is -2.27. The second-order valence-electron chi connectivity index (χ2n) is 6.29. The van der Waals surface area contributed by atoms with Crippen molar-refractivity contribution in [3.63, 3.8) is 0 Å². The third-order valence-electron chi connectivity index (χ3n) is 4.78. The van der Waals surface area contributed by atoms with E-state index in [0.717, 1.165) is 19.4 Å². The Morgan fingerprint density at radius 2 is 1.92 bits per heavy atom. The summed E-state index contributed by atoms with van der Waals surface area (Å²) in [6, 6.07) is 10.1. The van der Waals surface area contributed by atoms with Crippen molar-refractivity contribution in [2.45, 2.75) is 38.8 Å². The van der Waals surface area contributed by atoms with Crippen molar-refractivity contribution in [1.82, 2.24) is 14.5 Å². The summed E-state index contributed by atoms with van der Waals surface area (Å²) in [6.07, 6.45) is 7.69. The standard InChI is InChI=1S/C19H23N3O2/c1-2-16-17(13-15-7-4-3-5-8-15)22(19(24)18(16)23)11-6-10-21-12-9-20-14-21/h3-5,7-9,12,14,16-17H,2,6,10-11,13H2,1H3. The molecule has 2 unspecified atom stereocenters. The average molecular weight is 325 g/mol. The minimum Gasteiger partial charge on any atom is -0.337 e. The molecule has 3 rings (SSSR count). The van der Waals surface area contributed by atoms with Crippen LogP contribution in [-0.4, -0.2) is 38.7 Å². The van der Waals surface area contributed by atoms with E-state index in [1.165, 1.54) is 5.56 Å². The van der Waals surface area contributed by atoms with Crippen LogP contribution >= 0.6 is 0 Å². The van der Waals surface area contributed by atoms with Gasteiger partial charge < -0.3 is 9.47 Å². The molecule has 0 spiro atoms. The first-order valence-corrected chi connectivity index (χ1v) is 8.55. The first-order chi connectivity index (χ1) is 11.7. The van der Waals surface area contributed by atoms with Gasteiger partial charge in [-0.05, 0) is 24.8 Å². The number of imidazole rings is 1. The molecule has 0 aliphatic carbocycles. The molecule has 0 saturated carbocycles. The summed E-state index contributed by atoms with van der Waals surface area (Å²) in [6.45, 7) is 3.40. The second-order valence-corrected chi connectivity index (χ2v) is 6.29. The van der Waals surface area contributed by atoms with Gasteiger partial charge in [-0.2, -0.15) is 0 Å². The van der Waals surface area contributed by atoms with E-state index >= 15 is 0 Å². The summed E-state index contributed by atoms with van der Waals surface area (Å²) < 4.78 is 1.99. The first-order valence-electron chi connectivity index (χ1n) is 8.55. The molecule has 1 aromatic heterocycles. The number of likely N-dealkylation sites (tertiary alicyclic amines) is 1. The zero-order valence-corrected chi connectivity index (χ0v) is 14.0. The molecule has 126 valence electrons. The molecule has 24 heavy (non-hydrogen) atoms. The Balaban J connectivity index is 1.70. The normalized spacial score (nSPS) is 20.8. The maximum Gasteiger partial charge on any atom is 0.290 e. The molecule has 1 aliphatic rings. The Kier molecular flexibility index (Phi) is 5.08. The van der Waals surface area contributed by atoms with Crippen LogP contribution in [0.1, 0.15) is 25.3 Å². The van der Waals surface area contributed by atoms with Crippen LogP contribution in [0.5, 0.6) is 0 Å². The molecule has 0 radical (unpaired) electrons. The molecule has 2 atom stereocenters. The number of nitrogens with zero attached hydrogens (tertiary/aromatic N) is 3. The lowest BCUT2D eigenvalue weighted by molar-refractivity contribution is -0.141. The molecule has 1 aliphatic heterocycles. The maximum atomic E-state index is 12.4. The molecule has 0 N–H and O–H groups in total. The van der Waals surface area contributed by atoms with E-state index < -0.39 is 0 Å². The summed E-state index contributed by atoms with van der Waals surface area (Å²) in [7, 11) is 0. The van der Waals surface area contributed by atoms with Gasteiger partial charge in [-0.3, -0.25) is 9.59 Å². The molecular weight excluding hydrogens is 302 g/mol. The van der Waals surface area contributed by atoms with Gasteiger partial charge in [-0.15, -0.1) is 0 Å². The monoisotopic (exact) mass is 325 g/mol. The SMILES string of the molecule is CCC1C(=O)C(=O)N(CCCn2ccnc2)C1Cc1ccccc1. The van der Waals surface area contributed by atoms with Crippen molar-refractivity contribution in [2.75, 3.05) is 6.54 Å². The summed E-state index contributed by atoms with van der Waals surface area (Å²) in [5.74, 6) is -0.722. The number of amides is 1. The number of hydrogen-bond acceptors (Lipinski definition) is 3. The summed E-state index contributed by atoms with van der Waals surface area (Å²) in [5.41, 5.74) is 1.17. The number of aromatic nitrogens is 2.